The molecule has 0 saturated carbocycles. The number of aromatic nitrogens is 1. The molecule has 0 amide bonds. The molecule has 0 bridgehead atoms. The Morgan fingerprint density at radius 3 is 3.00 bits per heavy atom. The molecule has 0 radical (unpaired) electrons. The average molecular weight is 202 g/mol. The van der Waals surface area contributed by atoms with Gasteiger partial charge in [-0.05, 0) is 18.2 Å². The van der Waals surface area contributed by atoms with Gasteiger partial charge in [-0.15, -0.1) is 0 Å². The van der Waals surface area contributed by atoms with Crippen molar-refractivity contribution < 1.29 is 9.21 Å². The van der Waals surface area contributed by atoms with Crippen molar-refractivity contribution in [3.8, 4) is 0 Å². The molecule has 76 valence electrons. The van der Waals surface area contributed by atoms with Gasteiger partial charge in [0.15, 0.2) is 5.76 Å². The number of hydrogen-bond donors (Lipinski definition) is 1. The number of rotatable bonds is 3. The molecule has 4 nitrogen and oxygen atoms in total. The van der Waals surface area contributed by atoms with Crippen molar-refractivity contribution in [1.29, 1.82) is 0 Å². The first-order valence-corrected chi connectivity index (χ1v) is 4.52. The highest BCUT2D eigenvalue weighted by molar-refractivity contribution is 5.95. The number of carbonyl (C=O) groups is 1. The maximum Gasteiger partial charge on any atom is 0.202 e. The fourth-order valence-corrected chi connectivity index (χ4v) is 1.28. The van der Waals surface area contributed by atoms with Gasteiger partial charge in [0.25, 0.3) is 0 Å². The lowest BCUT2D eigenvalue weighted by Gasteiger charge is -2.01. The molecule has 0 atom stereocenters. The van der Waals surface area contributed by atoms with E-state index in [1.807, 2.05) is 0 Å². The first kappa shape index (κ1) is 9.45. The number of furan rings is 1. The van der Waals surface area contributed by atoms with Gasteiger partial charge in [0, 0.05) is 30.1 Å². The number of Topliss-reactive ketones (excluding diaryl/α,β-unsaturated/α-hetero) is 1. The summed E-state index contributed by atoms with van der Waals surface area (Å²) in [7, 11) is 0. The fourth-order valence-electron chi connectivity index (χ4n) is 1.28. The van der Waals surface area contributed by atoms with E-state index in [-0.39, 0.29) is 12.2 Å². The zero-order valence-corrected chi connectivity index (χ0v) is 8.01. The maximum atomic E-state index is 11.7. The molecule has 2 aromatic rings. The van der Waals surface area contributed by atoms with Crippen LogP contribution in [-0.2, 0) is 6.42 Å². The average Bonchev–Trinajstić information content (AvgIpc) is 2.74. The molecule has 0 fully saturated rings. The molecular formula is C11H10N2O2. The Morgan fingerprint density at radius 2 is 2.33 bits per heavy atom. The summed E-state index contributed by atoms with van der Waals surface area (Å²) in [6, 6.07) is 4.99. The van der Waals surface area contributed by atoms with Crippen LogP contribution in [0.3, 0.4) is 0 Å². The highest BCUT2D eigenvalue weighted by Crippen LogP contribution is 2.12. The van der Waals surface area contributed by atoms with Crippen molar-refractivity contribution in [2.24, 2.45) is 0 Å². The van der Waals surface area contributed by atoms with E-state index < -0.39 is 0 Å². The quantitative estimate of drug-likeness (QED) is 0.769. The third kappa shape index (κ3) is 2.04. The van der Waals surface area contributed by atoms with Crippen molar-refractivity contribution >= 4 is 11.5 Å². The number of nitrogens with zero attached hydrogens (tertiary/aromatic N) is 1. The van der Waals surface area contributed by atoms with Gasteiger partial charge in [-0.3, -0.25) is 9.78 Å². The number of anilines is 1. The first-order chi connectivity index (χ1) is 7.27. The SMILES string of the molecule is Nc1ccncc1CC(=O)c1ccco1. The van der Waals surface area contributed by atoms with Gasteiger partial charge >= 0.3 is 0 Å². The lowest BCUT2D eigenvalue weighted by atomic mass is 10.1. The zero-order chi connectivity index (χ0) is 10.7. The fraction of sp³-hybridized carbons (Fsp3) is 0.0909. The van der Waals surface area contributed by atoms with E-state index in [1.165, 1.54) is 6.26 Å². The molecular weight excluding hydrogens is 192 g/mol. The smallest absolute Gasteiger partial charge is 0.202 e. The Kier molecular flexibility index (Phi) is 2.49. The summed E-state index contributed by atoms with van der Waals surface area (Å²) in [6.45, 7) is 0. The molecule has 0 aliphatic carbocycles. The standard InChI is InChI=1S/C11H10N2O2/c12-9-3-4-13-7-8(9)6-10(14)11-2-1-5-15-11/h1-5,7H,6H2,(H2,12,13). The van der Waals surface area contributed by atoms with Crippen LogP contribution in [-0.4, -0.2) is 10.8 Å². The Labute approximate surface area is 86.7 Å². The molecule has 0 aliphatic heterocycles. The second-order valence-electron chi connectivity index (χ2n) is 3.15. The summed E-state index contributed by atoms with van der Waals surface area (Å²) >= 11 is 0. The van der Waals surface area contributed by atoms with Crippen molar-refractivity contribution in [2.75, 3.05) is 5.73 Å². The molecule has 0 aliphatic rings. The van der Waals surface area contributed by atoms with Crippen molar-refractivity contribution in [3.05, 3.63) is 48.2 Å². The van der Waals surface area contributed by atoms with Gasteiger partial charge < -0.3 is 10.2 Å². The highest BCUT2D eigenvalue weighted by atomic mass is 16.3. The van der Waals surface area contributed by atoms with Crippen LogP contribution < -0.4 is 5.73 Å². The van der Waals surface area contributed by atoms with Gasteiger partial charge in [-0.25, -0.2) is 0 Å². The Morgan fingerprint density at radius 1 is 1.47 bits per heavy atom. The largest absolute Gasteiger partial charge is 0.461 e. The predicted molar refractivity (Wildman–Crippen MR) is 55.4 cm³/mol. The summed E-state index contributed by atoms with van der Waals surface area (Å²) in [5.74, 6) is 0.248. The third-order valence-corrected chi connectivity index (χ3v) is 2.09. The number of nitrogen functional groups attached to an aromatic ring is 1. The molecule has 0 saturated heterocycles. The molecule has 2 aromatic heterocycles. The molecule has 0 unspecified atom stereocenters. The van der Waals surface area contributed by atoms with Gasteiger partial charge in [0.2, 0.25) is 5.78 Å². The minimum absolute atomic E-state index is 0.0975. The summed E-state index contributed by atoms with van der Waals surface area (Å²) in [5.41, 5.74) is 6.99. The highest BCUT2D eigenvalue weighted by Gasteiger charge is 2.11. The minimum atomic E-state index is -0.0975. The van der Waals surface area contributed by atoms with Crippen molar-refractivity contribution in [1.82, 2.24) is 4.98 Å². The topological polar surface area (TPSA) is 69.1 Å². The van der Waals surface area contributed by atoms with E-state index in [0.717, 1.165) is 5.56 Å². The van der Waals surface area contributed by atoms with Crippen LogP contribution in [0.5, 0.6) is 0 Å². The van der Waals surface area contributed by atoms with Crippen molar-refractivity contribution in [2.45, 2.75) is 6.42 Å². The van der Waals surface area contributed by atoms with E-state index >= 15 is 0 Å². The Balaban J connectivity index is 2.17. The van der Waals surface area contributed by atoms with Crippen molar-refractivity contribution in [3.63, 3.8) is 0 Å². The summed E-state index contributed by atoms with van der Waals surface area (Å²) in [6.07, 6.45) is 4.87. The lowest BCUT2D eigenvalue weighted by Crippen LogP contribution is -2.05. The van der Waals surface area contributed by atoms with E-state index in [4.69, 9.17) is 10.2 Å². The molecule has 2 rings (SSSR count). The monoisotopic (exact) mass is 202 g/mol. The normalized spacial score (nSPS) is 10.1. The predicted octanol–water partition coefficient (Wildman–Crippen LogP) is 1.68. The minimum Gasteiger partial charge on any atom is -0.461 e. The van der Waals surface area contributed by atoms with Crippen LogP contribution in [0, 0.1) is 0 Å². The van der Waals surface area contributed by atoms with Crippen LogP contribution in [0.1, 0.15) is 16.1 Å². The molecule has 0 aromatic carbocycles. The summed E-state index contributed by atoms with van der Waals surface area (Å²) < 4.78 is 5.00. The van der Waals surface area contributed by atoms with Crippen LogP contribution in [0.4, 0.5) is 5.69 Å². The van der Waals surface area contributed by atoms with Gasteiger partial charge in [0.1, 0.15) is 0 Å². The van der Waals surface area contributed by atoms with Crippen LogP contribution >= 0.6 is 0 Å². The first-order valence-electron chi connectivity index (χ1n) is 4.52. The van der Waals surface area contributed by atoms with Crippen LogP contribution in [0.2, 0.25) is 0 Å². The summed E-state index contributed by atoms with van der Waals surface area (Å²) in [5, 5.41) is 0. The Bertz CT molecular complexity index is 463. The lowest BCUT2D eigenvalue weighted by molar-refractivity contribution is 0.0966. The second kappa shape index (κ2) is 3.96. The number of nitrogens with two attached hydrogens (primary N) is 1. The molecule has 2 N–H and O–H groups in total. The second-order valence-corrected chi connectivity index (χ2v) is 3.15. The number of ketones is 1. The van der Waals surface area contributed by atoms with Gasteiger partial charge in [-0.1, -0.05) is 0 Å². The molecule has 0 spiro atoms. The third-order valence-electron chi connectivity index (χ3n) is 2.09. The van der Waals surface area contributed by atoms with Gasteiger partial charge in [-0.2, -0.15) is 0 Å². The van der Waals surface area contributed by atoms with Gasteiger partial charge in [0.05, 0.1) is 6.26 Å². The van der Waals surface area contributed by atoms with E-state index in [0.29, 0.717) is 11.4 Å². The van der Waals surface area contributed by atoms with E-state index in [1.54, 1.807) is 30.6 Å². The maximum absolute atomic E-state index is 11.7. The molecule has 2 heterocycles. The summed E-state index contributed by atoms with van der Waals surface area (Å²) in [4.78, 5) is 15.6. The number of hydrogen-bond acceptors (Lipinski definition) is 4. The Hall–Kier alpha value is -2.10. The molecule has 4 heteroatoms. The number of carbonyl (C=O) groups excluding carboxylic acids is 1. The zero-order valence-electron chi connectivity index (χ0n) is 8.01. The number of pyridine rings is 1. The van der Waals surface area contributed by atoms with Crippen LogP contribution in [0.25, 0.3) is 0 Å². The molecule has 15 heavy (non-hydrogen) atoms. The van der Waals surface area contributed by atoms with E-state index in [9.17, 15) is 4.79 Å². The van der Waals surface area contributed by atoms with Crippen LogP contribution in [0.15, 0.2) is 41.3 Å². The van der Waals surface area contributed by atoms with E-state index in [2.05, 4.69) is 4.98 Å².